The van der Waals surface area contributed by atoms with Gasteiger partial charge in [0.25, 0.3) is 0 Å². The zero-order valence-corrected chi connectivity index (χ0v) is 10.9. The molecule has 0 atom stereocenters. The van der Waals surface area contributed by atoms with E-state index in [1.54, 1.807) is 0 Å². The van der Waals surface area contributed by atoms with E-state index in [-0.39, 0.29) is 0 Å². The Balaban J connectivity index is 1.99. The molecule has 19 heavy (non-hydrogen) atoms. The second-order valence-electron chi connectivity index (χ2n) is 4.57. The fraction of sp³-hybridized carbons (Fsp3) is 0.143. The van der Waals surface area contributed by atoms with Crippen LogP contribution in [0.3, 0.4) is 0 Å². The molecule has 4 rings (SSSR count). The van der Waals surface area contributed by atoms with Crippen LogP contribution in [0.15, 0.2) is 34.7 Å². The van der Waals surface area contributed by atoms with Gasteiger partial charge in [-0.1, -0.05) is 18.2 Å². The zero-order valence-electron chi connectivity index (χ0n) is 10.1. The van der Waals surface area contributed by atoms with E-state index < -0.39 is 0 Å². The Hall–Kier alpha value is -2.14. The van der Waals surface area contributed by atoms with Crippen molar-refractivity contribution >= 4 is 29.0 Å². The van der Waals surface area contributed by atoms with E-state index in [9.17, 15) is 0 Å². The third-order valence-electron chi connectivity index (χ3n) is 3.37. The normalized spacial score (nSPS) is 13.5. The highest BCUT2D eigenvalue weighted by atomic mass is 32.1. The van der Waals surface area contributed by atoms with E-state index in [4.69, 9.17) is 16.6 Å². The lowest BCUT2D eigenvalue weighted by Crippen LogP contribution is -1.95. The van der Waals surface area contributed by atoms with Crippen molar-refractivity contribution in [2.24, 2.45) is 0 Å². The number of rotatable bonds is 1. The number of fused-ring (bicyclic) bond motifs is 2. The zero-order chi connectivity index (χ0) is 12.8. The van der Waals surface area contributed by atoms with E-state index in [1.807, 2.05) is 30.3 Å². The van der Waals surface area contributed by atoms with Crippen molar-refractivity contribution in [3.05, 3.63) is 40.7 Å². The monoisotopic (exact) mass is 269 g/mol. The maximum absolute atomic E-state index is 5.90. The molecule has 0 unspecified atom stereocenters. The predicted molar refractivity (Wildman–Crippen MR) is 76.8 cm³/mol. The molecule has 94 valence electrons. The number of nitrogens with zero attached hydrogens (tertiary/aromatic N) is 1. The maximum atomic E-state index is 5.90. The van der Waals surface area contributed by atoms with Gasteiger partial charge in [0.2, 0.25) is 0 Å². The lowest BCUT2D eigenvalue weighted by Gasteiger charge is -2.04. The lowest BCUT2D eigenvalue weighted by molar-refractivity contribution is 0.627. The molecule has 4 nitrogen and oxygen atoms in total. The standard InChI is InChI=1S/C14H11N3OS/c19-14-16-12(9-5-6-15-13(9)17-14)11-7-8-3-1-2-4-10(8)18-11/h1-4,7H,5-6H2,(H2,15,16,17,19). The summed E-state index contributed by atoms with van der Waals surface area (Å²) in [6.45, 7) is 0.891. The van der Waals surface area contributed by atoms with Gasteiger partial charge in [0.1, 0.15) is 11.4 Å². The van der Waals surface area contributed by atoms with Gasteiger partial charge in [-0.05, 0) is 30.8 Å². The Labute approximate surface area is 114 Å². The smallest absolute Gasteiger partial charge is 0.199 e. The predicted octanol–water partition coefficient (Wildman–Crippen LogP) is 3.52. The van der Waals surface area contributed by atoms with Crippen molar-refractivity contribution in [3.8, 4) is 11.5 Å². The van der Waals surface area contributed by atoms with Crippen molar-refractivity contribution in [2.75, 3.05) is 11.9 Å². The average Bonchev–Trinajstić information content (AvgIpc) is 3.03. The number of hydrogen-bond acceptors (Lipinski definition) is 4. The van der Waals surface area contributed by atoms with Gasteiger partial charge < -0.3 is 14.7 Å². The first-order valence-corrected chi connectivity index (χ1v) is 6.58. The van der Waals surface area contributed by atoms with Crippen LogP contribution in [-0.2, 0) is 6.42 Å². The van der Waals surface area contributed by atoms with Gasteiger partial charge in [0.05, 0.1) is 5.69 Å². The molecule has 0 saturated carbocycles. The molecule has 0 fully saturated rings. The second-order valence-corrected chi connectivity index (χ2v) is 4.96. The molecule has 0 aliphatic carbocycles. The molecule has 1 aliphatic rings. The maximum Gasteiger partial charge on any atom is 0.199 e. The summed E-state index contributed by atoms with van der Waals surface area (Å²) in [6.07, 6.45) is 0.931. The summed E-state index contributed by atoms with van der Waals surface area (Å²) in [5.74, 6) is 1.69. The number of aromatic amines is 1. The third kappa shape index (κ3) is 1.66. The minimum atomic E-state index is 0.476. The average molecular weight is 269 g/mol. The Kier molecular flexibility index (Phi) is 2.22. The van der Waals surface area contributed by atoms with Gasteiger partial charge in [-0.2, -0.15) is 0 Å². The third-order valence-corrected chi connectivity index (χ3v) is 3.57. The van der Waals surface area contributed by atoms with Crippen LogP contribution >= 0.6 is 12.2 Å². The molecule has 2 aromatic heterocycles. The Bertz CT molecular complexity index is 801. The van der Waals surface area contributed by atoms with E-state index in [2.05, 4.69) is 15.3 Å². The summed E-state index contributed by atoms with van der Waals surface area (Å²) in [4.78, 5) is 7.46. The van der Waals surface area contributed by atoms with E-state index in [0.29, 0.717) is 4.77 Å². The SMILES string of the molecule is S=c1nc2c(c(-c3cc4ccccc4o3)[nH]1)CCN2. The molecule has 0 bridgehead atoms. The van der Waals surface area contributed by atoms with Crippen LogP contribution in [0.4, 0.5) is 5.82 Å². The van der Waals surface area contributed by atoms with Gasteiger partial charge in [-0.3, -0.25) is 0 Å². The van der Waals surface area contributed by atoms with Crippen molar-refractivity contribution in [1.82, 2.24) is 9.97 Å². The van der Waals surface area contributed by atoms with Gasteiger partial charge in [0, 0.05) is 17.5 Å². The van der Waals surface area contributed by atoms with E-state index in [0.717, 1.165) is 46.8 Å². The number of anilines is 1. The molecule has 0 spiro atoms. The Morgan fingerprint density at radius 2 is 2.16 bits per heavy atom. The molecule has 0 radical (unpaired) electrons. The quantitative estimate of drug-likeness (QED) is 0.664. The first-order chi connectivity index (χ1) is 9.31. The molecule has 0 saturated heterocycles. The topological polar surface area (TPSA) is 53.9 Å². The van der Waals surface area contributed by atoms with Crippen molar-refractivity contribution in [2.45, 2.75) is 6.42 Å². The number of H-pyrrole nitrogens is 1. The van der Waals surface area contributed by atoms with Crippen molar-refractivity contribution in [1.29, 1.82) is 0 Å². The van der Waals surface area contributed by atoms with Crippen molar-refractivity contribution in [3.63, 3.8) is 0 Å². The molecule has 2 N–H and O–H groups in total. The second kappa shape index (κ2) is 3.93. The molecule has 0 amide bonds. The number of para-hydroxylation sites is 1. The van der Waals surface area contributed by atoms with Crippen LogP contribution in [0.5, 0.6) is 0 Å². The van der Waals surface area contributed by atoms with Crippen LogP contribution in [0.2, 0.25) is 0 Å². The van der Waals surface area contributed by atoms with Gasteiger partial charge >= 0.3 is 0 Å². The minimum absolute atomic E-state index is 0.476. The summed E-state index contributed by atoms with van der Waals surface area (Å²) >= 11 is 5.17. The molecule has 5 heteroatoms. The van der Waals surface area contributed by atoms with E-state index in [1.165, 1.54) is 0 Å². The highest BCUT2D eigenvalue weighted by Crippen LogP contribution is 2.33. The highest BCUT2D eigenvalue weighted by Gasteiger charge is 2.19. The molecule has 3 heterocycles. The number of nitrogens with one attached hydrogen (secondary N) is 2. The van der Waals surface area contributed by atoms with Crippen molar-refractivity contribution < 1.29 is 4.42 Å². The largest absolute Gasteiger partial charge is 0.455 e. The van der Waals surface area contributed by atoms with Crippen LogP contribution < -0.4 is 5.32 Å². The van der Waals surface area contributed by atoms with Crippen LogP contribution in [0.1, 0.15) is 5.56 Å². The van der Waals surface area contributed by atoms with Gasteiger partial charge in [0.15, 0.2) is 10.5 Å². The lowest BCUT2D eigenvalue weighted by atomic mass is 10.1. The highest BCUT2D eigenvalue weighted by molar-refractivity contribution is 7.71. The summed E-state index contributed by atoms with van der Waals surface area (Å²) in [6, 6.07) is 10.0. The first-order valence-electron chi connectivity index (χ1n) is 6.17. The summed E-state index contributed by atoms with van der Waals surface area (Å²) in [5.41, 5.74) is 2.97. The summed E-state index contributed by atoms with van der Waals surface area (Å²) in [7, 11) is 0. The van der Waals surface area contributed by atoms with E-state index >= 15 is 0 Å². The number of aromatic nitrogens is 2. The minimum Gasteiger partial charge on any atom is -0.455 e. The molecule has 3 aromatic rings. The van der Waals surface area contributed by atoms with Crippen LogP contribution in [-0.4, -0.2) is 16.5 Å². The number of hydrogen-bond donors (Lipinski definition) is 2. The van der Waals surface area contributed by atoms with Crippen LogP contribution in [0.25, 0.3) is 22.4 Å². The number of benzene rings is 1. The van der Waals surface area contributed by atoms with Gasteiger partial charge in [-0.15, -0.1) is 0 Å². The molecule has 1 aromatic carbocycles. The van der Waals surface area contributed by atoms with Crippen LogP contribution in [0, 0.1) is 4.77 Å². The van der Waals surface area contributed by atoms with Gasteiger partial charge in [-0.25, -0.2) is 4.98 Å². The first kappa shape index (κ1) is 10.8. The molecular weight excluding hydrogens is 258 g/mol. The summed E-state index contributed by atoms with van der Waals surface area (Å²) < 4.78 is 6.38. The molecule has 1 aliphatic heterocycles. The fourth-order valence-electron chi connectivity index (χ4n) is 2.51. The Morgan fingerprint density at radius 1 is 1.26 bits per heavy atom. The summed E-state index contributed by atoms with van der Waals surface area (Å²) in [5, 5.41) is 4.34. The molecular formula is C14H11N3OS. The fourth-order valence-corrected chi connectivity index (χ4v) is 2.70. The Morgan fingerprint density at radius 3 is 3.05 bits per heavy atom. The number of furan rings is 1.